The normalized spacial score (nSPS) is 15.9. The summed E-state index contributed by atoms with van der Waals surface area (Å²) < 4.78 is 52.9. The Morgan fingerprint density at radius 2 is 1.75 bits per heavy atom. The molecule has 1 aromatic heterocycles. The maximum Gasteiger partial charge on any atom is 0.251 e. The molecule has 1 fully saturated rings. The molecule has 4 rings (SSSR count). The number of hydrogen-bond donors (Lipinski definition) is 2. The number of carbonyl (C=O) groups excluding carboxylic acids is 1. The first kappa shape index (κ1) is 22.1. The van der Waals surface area contributed by atoms with Crippen LogP contribution in [0.5, 0.6) is 0 Å². The number of carbonyl (C=O) groups is 1. The maximum atomic E-state index is 14.3. The maximum absolute atomic E-state index is 14.3. The van der Waals surface area contributed by atoms with Crippen molar-refractivity contribution in [3.63, 3.8) is 0 Å². The van der Waals surface area contributed by atoms with E-state index in [4.69, 9.17) is 4.98 Å². The van der Waals surface area contributed by atoms with E-state index in [1.807, 2.05) is 16.9 Å². The summed E-state index contributed by atoms with van der Waals surface area (Å²) in [5, 5.41) is 3.54. The monoisotopic (exact) mass is 459 g/mol. The Kier molecular flexibility index (Phi) is 5.40. The van der Waals surface area contributed by atoms with Crippen molar-refractivity contribution in [2.24, 2.45) is 0 Å². The Balaban J connectivity index is 1.52. The molecule has 6 nitrogen and oxygen atoms in total. The van der Waals surface area contributed by atoms with Crippen LogP contribution in [-0.2, 0) is 15.4 Å². The minimum atomic E-state index is -3.84. The van der Waals surface area contributed by atoms with Crippen molar-refractivity contribution in [1.29, 1.82) is 0 Å². The van der Waals surface area contributed by atoms with Crippen LogP contribution in [0.15, 0.2) is 42.5 Å². The summed E-state index contributed by atoms with van der Waals surface area (Å²) in [5.41, 5.74) is 1.81. The van der Waals surface area contributed by atoms with Gasteiger partial charge in [-0.25, -0.2) is 17.2 Å². The van der Waals surface area contributed by atoms with E-state index in [0.717, 1.165) is 47.8 Å². The number of halogens is 2. The molecule has 0 bridgehead atoms. The van der Waals surface area contributed by atoms with Crippen LogP contribution in [0.4, 0.5) is 14.5 Å². The summed E-state index contributed by atoms with van der Waals surface area (Å²) in [7, 11) is -3.84. The van der Waals surface area contributed by atoms with Crippen molar-refractivity contribution in [1.82, 2.24) is 10.3 Å². The third-order valence-corrected chi connectivity index (χ3v) is 6.34. The molecular formula is C23H23F2N3O3S. The highest BCUT2D eigenvalue weighted by Gasteiger charge is 2.40. The Morgan fingerprint density at radius 3 is 2.34 bits per heavy atom. The first-order valence-electron chi connectivity index (χ1n) is 10.1. The summed E-state index contributed by atoms with van der Waals surface area (Å²) in [4.78, 5) is 17.4. The van der Waals surface area contributed by atoms with Crippen LogP contribution in [0.3, 0.4) is 0 Å². The lowest BCUT2D eigenvalue weighted by molar-refractivity contribution is 0.0940. The van der Waals surface area contributed by atoms with Gasteiger partial charge in [0.1, 0.15) is 5.69 Å². The van der Waals surface area contributed by atoms with Crippen LogP contribution in [0.1, 0.15) is 54.3 Å². The highest BCUT2D eigenvalue weighted by molar-refractivity contribution is 7.92. The Labute approximate surface area is 185 Å². The van der Waals surface area contributed by atoms with Gasteiger partial charge in [-0.3, -0.25) is 14.5 Å². The fourth-order valence-electron chi connectivity index (χ4n) is 3.54. The summed E-state index contributed by atoms with van der Waals surface area (Å²) in [5.74, 6) is -2.54. The van der Waals surface area contributed by atoms with E-state index in [-0.39, 0.29) is 11.0 Å². The lowest BCUT2D eigenvalue weighted by atomic mass is 10.0. The zero-order chi connectivity index (χ0) is 23.3. The van der Waals surface area contributed by atoms with E-state index >= 15 is 0 Å². The third kappa shape index (κ3) is 4.57. The van der Waals surface area contributed by atoms with Gasteiger partial charge in [0.05, 0.1) is 17.8 Å². The van der Waals surface area contributed by atoms with Crippen molar-refractivity contribution in [2.45, 2.75) is 38.1 Å². The number of nitrogens with one attached hydrogen (secondary N) is 2. The average Bonchev–Trinajstić information content (AvgIpc) is 3.47. The standard InChI is InChI=1S/C23H23F2N3O3S/c1-13(16-11-17(24)21(18(25)12-16)28-32(3,30)31)26-22(29)15-4-6-19-14(10-15)5-7-20(27-19)23(2)8-9-23/h4-7,10-13,28H,8-9H2,1-3H3,(H,26,29)/t13-/m0/s1. The molecule has 3 aromatic rings. The zero-order valence-electron chi connectivity index (χ0n) is 17.9. The van der Waals surface area contributed by atoms with Crippen LogP contribution in [0.2, 0.25) is 0 Å². The molecule has 0 saturated heterocycles. The second kappa shape index (κ2) is 7.81. The largest absolute Gasteiger partial charge is 0.346 e. The van der Waals surface area contributed by atoms with Gasteiger partial charge < -0.3 is 5.32 Å². The molecule has 0 aliphatic heterocycles. The first-order valence-corrected chi connectivity index (χ1v) is 12.0. The second-order valence-electron chi connectivity index (χ2n) is 8.59. The summed E-state index contributed by atoms with van der Waals surface area (Å²) in [6.07, 6.45) is 3.04. The Hall–Kier alpha value is -3.07. The van der Waals surface area contributed by atoms with Gasteiger partial charge in [-0.2, -0.15) is 0 Å². The highest BCUT2D eigenvalue weighted by Crippen LogP contribution is 2.46. The molecule has 0 spiro atoms. The lowest BCUT2D eigenvalue weighted by Crippen LogP contribution is -2.27. The Morgan fingerprint density at radius 1 is 1.09 bits per heavy atom. The topological polar surface area (TPSA) is 88.2 Å². The molecule has 1 aliphatic rings. The molecule has 0 unspecified atom stereocenters. The number of benzene rings is 2. The molecule has 2 aromatic carbocycles. The van der Waals surface area contributed by atoms with Crippen molar-refractivity contribution in [3.8, 4) is 0 Å². The molecule has 2 N–H and O–H groups in total. The third-order valence-electron chi connectivity index (χ3n) is 5.77. The van der Waals surface area contributed by atoms with E-state index in [1.165, 1.54) is 0 Å². The van der Waals surface area contributed by atoms with Crippen molar-refractivity contribution in [2.75, 3.05) is 11.0 Å². The number of fused-ring (bicyclic) bond motifs is 1. The van der Waals surface area contributed by atoms with E-state index in [1.54, 1.807) is 25.1 Å². The SMILES string of the molecule is C[C@H](NC(=O)c1ccc2nc(C3(C)CC3)ccc2c1)c1cc(F)c(NS(C)(=O)=O)c(F)c1. The zero-order valence-corrected chi connectivity index (χ0v) is 18.7. The fraction of sp³-hybridized carbons (Fsp3) is 0.304. The number of amides is 1. The molecule has 32 heavy (non-hydrogen) atoms. The smallest absolute Gasteiger partial charge is 0.251 e. The molecule has 1 atom stereocenters. The van der Waals surface area contributed by atoms with Crippen LogP contribution >= 0.6 is 0 Å². The molecule has 1 saturated carbocycles. The van der Waals surface area contributed by atoms with Crippen LogP contribution < -0.4 is 10.0 Å². The highest BCUT2D eigenvalue weighted by atomic mass is 32.2. The van der Waals surface area contributed by atoms with Gasteiger partial charge in [0.2, 0.25) is 10.0 Å². The van der Waals surface area contributed by atoms with Crippen molar-refractivity contribution >= 4 is 32.5 Å². The fourth-order valence-corrected chi connectivity index (χ4v) is 4.10. The van der Waals surface area contributed by atoms with Gasteiger partial charge in [-0.15, -0.1) is 0 Å². The van der Waals surface area contributed by atoms with Gasteiger partial charge in [0.15, 0.2) is 11.6 Å². The van der Waals surface area contributed by atoms with Crippen molar-refractivity contribution in [3.05, 3.63) is 70.9 Å². The summed E-state index contributed by atoms with van der Waals surface area (Å²) in [6.45, 7) is 3.76. The molecule has 9 heteroatoms. The van der Waals surface area contributed by atoms with Gasteiger partial charge in [-0.1, -0.05) is 13.0 Å². The predicted octanol–water partition coefficient (Wildman–Crippen LogP) is 4.43. The molecule has 1 amide bonds. The number of pyridine rings is 1. The van der Waals surface area contributed by atoms with Gasteiger partial charge in [0.25, 0.3) is 5.91 Å². The number of aromatic nitrogens is 1. The van der Waals surface area contributed by atoms with E-state index in [2.05, 4.69) is 12.2 Å². The number of rotatable bonds is 6. The summed E-state index contributed by atoms with van der Waals surface area (Å²) >= 11 is 0. The second-order valence-corrected chi connectivity index (χ2v) is 10.3. The molecule has 0 radical (unpaired) electrons. The molecule has 168 valence electrons. The lowest BCUT2D eigenvalue weighted by Gasteiger charge is -2.17. The quantitative estimate of drug-likeness (QED) is 0.571. The van der Waals surface area contributed by atoms with Gasteiger partial charge in [0, 0.05) is 22.1 Å². The predicted molar refractivity (Wildman–Crippen MR) is 119 cm³/mol. The first-order chi connectivity index (χ1) is 14.9. The van der Waals surface area contributed by atoms with Crippen LogP contribution in [-0.4, -0.2) is 25.6 Å². The molecule has 1 heterocycles. The number of nitrogens with zero attached hydrogens (tertiary/aromatic N) is 1. The average molecular weight is 460 g/mol. The van der Waals surface area contributed by atoms with Gasteiger partial charge in [-0.05, 0) is 61.7 Å². The number of anilines is 1. The number of hydrogen-bond acceptors (Lipinski definition) is 4. The molecule has 1 aliphatic carbocycles. The van der Waals surface area contributed by atoms with Crippen molar-refractivity contribution < 1.29 is 22.0 Å². The van der Waals surface area contributed by atoms with Crippen LogP contribution in [0, 0.1) is 11.6 Å². The summed E-state index contributed by atoms with van der Waals surface area (Å²) in [6, 6.07) is 10.4. The number of sulfonamides is 1. The van der Waals surface area contributed by atoms with E-state index in [9.17, 15) is 22.0 Å². The van der Waals surface area contributed by atoms with Crippen LogP contribution in [0.25, 0.3) is 10.9 Å². The molecular weight excluding hydrogens is 436 g/mol. The minimum Gasteiger partial charge on any atom is -0.346 e. The Bertz CT molecular complexity index is 1310. The minimum absolute atomic E-state index is 0.149. The van der Waals surface area contributed by atoms with E-state index in [0.29, 0.717) is 5.56 Å². The van der Waals surface area contributed by atoms with E-state index < -0.39 is 39.3 Å². The van der Waals surface area contributed by atoms with Gasteiger partial charge >= 0.3 is 0 Å².